The predicted molar refractivity (Wildman–Crippen MR) is 241 cm³/mol. The third kappa shape index (κ3) is 16.7. The fourth-order valence-electron chi connectivity index (χ4n) is 10.0. The minimum absolute atomic E-state index is 0.0835. The second-order valence-corrected chi connectivity index (χ2v) is 21.2. The Morgan fingerprint density at radius 3 is 2.08 bits per heavy atom. The van der Waals surface area contributed by atoms with E-state index in [0.29, 0.717) is 25.9 Å². The SMILES string of the molecule is CC[C@@H]1CC(C(=O)CCCNC(=O)[C@@H](OS(=O)(=O)O)[C@@H](COC)OS(=O)(=O)O)C[C@@H](O[C@@H]2O[C@@H](CO)[C@H](O)C(O[C@@H](CC3CCCCC3)C(=O)N3CCC3)C2NC(C)=O)C1O[C@@H]1OC(C)[C@@H](O)[C@H](O)C1O. The van der Waals surface area contributed by atoms with Gasteiger partial charge in [0, 0.05) is 46.0 Å². The first kappa shape index (κ1) is 59.3. The number of aliphatic hydroxyl groups is 5. The summed E-state index contributed by atoms with van der Waals surface area (Å²) < 4.78 is 110. The van der Waals surface area contributed by atoms with Crippen LogP contribution in [-0.2, 0) is 76.8 Å². The Bertz CT molecular complexity index is 1980. The smallest absolute Gasteiger partial charge is 0.394 e. The molecule has 3 amide bonds. The van der Waals surface area contributed by atoms with Gasteiger partial charge in [0.15, 0.2) is 18.7 Å². The maximum atomic E-state index is 14.1. The van der Waals surface area contributed by atoms with Gasteiger partial charge in [0.2, 0.25) is 5.91 Å². The highest BCUT2D eigenvalue weighted by atomic mass is 32.3. The maximum Gasteiger partial charge on any atom is 0.398 e. The number of Topliss-reactive ketones (excluding diaryl/α,β-unsaturated/α-hetero) is 1. The lowest BCUT2D eigenvalue weighted by Gasteiger charge is -2.49. The number of carbonyl (C=O) groups is 4. The van der Waals surface area contributed by atoms with Crippen LogP contribution in [0.5, 0.6) is 0 Å². The van der Waals surface area contributed by atoms with Gasteiger partial charge in [-0.15, -0.1) is 0 Å². The van der Waals surface area contributed by atoms with Gasteiger partial charge in [0.05, 0.1) is 31.5 Å². The average Bonchev–Trinajstić information content (AvgIpc) is 3.28. The number of hydrogen-bond acceptors (Lipinski definition) is 21. The standard InChI is InChI=1S/C43H73N3O23S2/c1-5-25-18-26(27(49)13-9-14-44-40(54)38(69-71(59,60)61)31(21-62-4)68-70(56,57)58)19-28(37(25)67-43-36(53)35(52)33(50)22(2)63-43)65-42-32(45-23(3)48)39(34(51)30(20-47)66-42)64-29(41(55)46-15-10-16-46)17-24-11-7-6-8-12-24/h22,24-26,28-39,42-43,47,50-53H,5-21H2,1-4H3,(H,44,54)(H,45,48)(H,56,57,58)(H,59,60,61)/t22?,25-,26?,28-,29+,30+,31-,32?,33-,34+,35+,36?,37?,38+,39?,42-,43+/m1/s1. The van der Waals surface area contributed by atoms with Crippen molar-refractivity contribution in [2.24, 2.45) is 17.8 Å². The summed E-state index contributed by atoms with van der Waals surface area (Å²) in [5.41, 5.74) is 0. The Balaban J connectivity index is 1.40. The zero-order valence-electron chi connectivity index (χ0n) is 40.3. The van der Waals surface area contributed by atoms with E-state index in [4.69, 9.17) is 28.4 Å². The fraction of sp³-hybridized carbons (Fsp3) is 0.907. The van der Waals surface area contributed by atoms with E-state index in [-0.39, 0.29) is 49.8 Å². The molecule has 6 unspecified atom stereocenters. The Morgan fingerprint density at radius 1 is 0.831 bits per heavy atom. The molecule has 0 bridgehead atoms. The molecule has 5 aliphatic rings. The van der Waals surface area contributed by atoms with Crippen molar-refractivity contribution in [3.8, 4) is 0 Å². The third-order valence-corrected chi connectivity index (χ3v) is 14.8. The lowest BCUT2D eigenvalue weighted by molar-refractivity contribution is -0.338. The molecule has 0 spiro atoms. The summed E-state index contributed by atoms with van der Waals surface area (Å²) >= 11 is 0. The van der Waals surface area contributed by atoms with E-state index in [1.807, 2.05) is 0 Å². The highest BCUT2D eigenvalue weighted by Gasteiger charge is 2.53. The Labute approximate surface area is 413 Å². The van der Waals surface area contributed by atoms with E-state index in [1.165, 1.54) is 13.8 Å². The summed E-state index contributed by atoms with van der Waals surface area (Å²) in [5, 5.41) is 59.5. The Hall–Kier alpha value is -2.62. The molecule has 71 heavy (non-hydrogen) atoms. The highest BCUT2D eigenvalue weighted by molar-refractivity contribution is 7.81. The molecule has 3 saturated heterocycles. The van der Waals surface area contributed by atoms with E-state index in [0.717, 1.165) is 45.6 Å². The van der Waals surface area contributed by atoms with Gasteiger partial charge < -0.3 is 69.5 Å². The number of methoxy groups -OCH3 is 1. The van der Waals surface area contributed by atoms with Crippen molar-refractivity contribution in [2.75, 3.05) is 40.0 Å². The molecule has 0 aromatic heterocycles. The number of ether oxygens (including phenoxy) is 6. The van der Waals surface area contributed by atoms with Crippen LogP contribution in [0, 0.1) is 17.8 Å². The molecule has 410 valence electrons. The minimum Gasteiger partial charge on any atom is -0.394 e. The molecule has 26 nitrogen and oxygen atoms in total. The van der Waals surface area contributed by atoms with Crippen LogP contribution in [0.15, 0.2) is 0 Å². The number of amides is 3. The molecule has 5 fully saturated rings. The van der Waals surface area contributed by atoms with Crippen LogP contribution >= 0.6 is 0 Å². The van der Waals surface area contributed by atoms with Gasteiger partial charge in [-0.2, -0.15) is 16.8 Å². The molecular formula is C43H73N3O23S2. The first-order valence-corrected chi connectivity index (χ1v) is 26.9. The zero-order valence-corrected chi connectivity index (χ0v) is 42.0. The highest BCUT2D eigenvalue weighted by Crippen LogP contribution is 2.41. The molecular weight excluding hydrogens is 991 g/mol. The van der Waals surface area contributed by atoms with Gasteiger partial charge in [-0.1, -0.05) is 45.4 Å². The van der Waals surface area contributed by atoms with Crippen LogP contribution in [-0.4, -0.2) is 212 Å². The number of ketones is 1. The van der Waals surface area contributed by atoms with Crippen LogP contribution < -0.4 is 10.6 Å². The normalized spacial score (nSPS) is 34.4. The summed E-state index contributed by atoms with van der Waals surface area (Å²) in [6, 6.07) is -1.32. The minimum atomic E-state index is -5.40. The first-order chi connectivity index (χ1) is 33.4. The van der Waals surface area contributed by atoms with E-state index >= 15 is 0 Å². The van der Waals surface area contributed by atoms with Crippen molar-refractivity contribution < 1.29 is 107 Å². The number of rotatable bonds is 25. The third-order valence-electron chi connectivity index (χ3n) is 13.9. The van der Waals surface area contributed by atoms with Gasteiger partial charge in [-0.25, -0.2) is 8.37 Å². The van der Waals surface area contributed by atoms with Crippen LogP contribution in [0.4, 0.5) is 0 Å². The van der Waals surface area contributed by atoms with E-state index in [1.54, 1.807) is 11.8 Å². The van der Waals surface area contributed by atoms with Gasteiger partial charge in [-0.05, 0) is 50.9 Å². The van der Waals surface area contributed by atoms with Crippen LogP contribution in [0.1, 0.15) is 97.8 Å². The average molecular weight is 1060 g/mol. The molecule has 0 radical (unpaired) electrons. The van der Waals surface area contributed by atoms with Gasteiger partial charge in [0.1, 0.15) is 60.7 Å². The molecule has 2 saturated carbocycles. The number of aliphatic hydroxyl groups excluding tert-OH is 5. The summed E-state index contributed by atoms with van der Waals surface area (Å²) in [7, 11) is -9.66. The van der Waals surface area contributed by atoms with Crippen molar-refractivity contribution in [1.82, 2.24) is 15.5 Å². The monoisotopic (exact) mass is 1060 g/mol. The quantitative estimate of drug-likeness (QED) is 0.0354. The molecule has 0 aromatic rings. The van der Waals surface area contributed by atoms with E-state index in [2.05, 4.69) is 19.0 Å². The molecule has 3 aliphatic heterocycles. The largest absolute Gasteiger partial charge is 0.398 e. The summed E-state index contributed by atoms with van der Waals surface area (Å²) in [6.45, 7) is 3.66. The lowest BCUT2D eigenvalue weighted by atomic mass is 9.74. The first-order valence-electron chi connectivity index (χ1n) is 24.2. The summed E-state index contributed by atoms with van der Waals surface area (Å²) in [4.78, 5) is 55.8. The number of hydrogen-bond donors (Lipinski definition) is 9. The second kappa shape index (κ2) is 26.7. The van der Waals surface area contributed by atoms with Gasteiger partial charge in [0.25, 0.3) is 11.8 Å². The molecule has 0 aromatic carbocycles. The van der Waals surface area contributed by atoms with E-state index < -0.39 is 150 Å². The van der Waals surface area contributed by atoms with Crippen LogP contribution in [0.25, 0.3) is 0 Å². The number of nitrogens with one attached hydrogen (secondary N) is 2. The molecule has 28 heteroatoms. The number of likely N-dealkylation sites (tertiary alicyclic amines) is 1. The number of carbonyl (C=O) groups excluding carboxylic acids is 4. The topological polar surface area (TPSA) is 379 Å². The van der Waals surface area contributed by atoms with Gasteiger partial charge in [-0.3, -0.25) is 28.3 Å². The molecule has 3 heterocycles. The Kier molecular flexibility index (Phi) is 22.3. The predicted octanol–water partition coefficient (Wildman–Crippen LogP) is -1.95. The van der Waals surface area contributed by atoms with Crippen molar-refractivity contribution in [2.45, 2.75) is 190 Å². The second-order valence-electron chi connectivity index (χ2n) is 19.1. The maximum absolute atomic E-state index is 14.1. The summed E-state index contributed by atoms with van der Waals surface area (Å²) in [6.07, 6.45) is -14.9. The van der Waals surface area contributed by atoms with Crippen LogP contribution in [0.2, 0.25) is 0 Å². The number of nitrogens with zero attached hydrogens (tertiary/aromatic N) is 1. The van der Waals surface area contributed by atoms with Crippen molar-refractivity contribution in [3.05, 3.63) is 0 Å². The van der Waals surface area contributed by atoms with Crippen molar-refractivity contribution in [1.29, 1.82) is 0 Å². The fourth-order valence-corrected chi connectivity index (χ4v) is 11.0. The Morgan fingerprint density at radius 2 is 1.51 bits per heavy atom. The molecule has 17 atom stereocenters. The van der Waals surface area contributed by atoms with E-state index in [9.17, 15) is 70.7 Å². The lowest BCUT2D eigenvalue weighted by Crippen LogP contribution is -2.67. The molecule has 9 N–H and O–H groups in total. The van der Waals surface area contributed by atoms with Crippen molar-refractivity contribution >= 4 is 44.3 Å². The molecule has 2 aliphatic carbocycles. The van der Waals surface area contributed by atoms with Crippen LogP contribution in [0.3, 0.4) is 0 Å². The van der Waals surface area contributed by atoms with Crippen molar-refractivity contribution in [3.63, 3.8) is 0 Å². The van der Waals surface area contributed by atoms with Gasteiger partial charge >= 0.3 is 20.8 Å². The summed E-state index contributed by atoms with van der Waals surface area (Å²) in [5.74, 6) is -3.75. The molecule has 5 rings (SSSR count). The zero-order chi connectivity index (χ0) is 52.4.